The van der Waals surface area contributed by atoms with Crippen molar-refractivity contribution in [2.24, 2.45) is 0 Å². The highest BCUT2D eigenvalue weighted by Crippen LogP contribution is 2.45. The predicted octanol–water partition coefficient (Wildman–Crippen LogP) is 4.03. The summed E-state index contributed by atoms with van der Waals surface area (Å²) < 4.78 is 8.54. The van der Waals surface area contributed by atoms with E-state index in [1.807, 2.05) is 19.1 Å². The van der Waals surface area contributed by atoms with Crippen molar-refractivity contribution >= 4 is 15.9 Å². The SMILES string of the molecule is Cc1c(C#N)c(Br)c(-c2ccco2)n1C1CC1. The predicted molar refractivity (Wildman–Crippen MR) is 67.6 cm³/mol. The number of aromatic nitrogens is 1. The number of rotatable bonds is 2. The van der Waals surface area contributed by atoms with E-state index in [-0.39, 0.29) is 0 Å². The molecule has 0 aliphatic heterocycles. The van der Waals surface area contributed by atoms with Gasteiger partial charge in [-0.15, -0.1) is 0 Å². The molecular weight excluding hydrogens is 280 g/mol. The van der Waals surface area contributed by atoms with E-state index < -0.39 is 0 Å². The Hall–Kier alpha value is -1.47. The molecule has 0 amide bonds. The Kier molecular flexibility index (Phi) is 2.37. The summed E-state index contributed by atoms with van der Waals surface area (Å²) in [6.45, 7) is 1.99. The minimum Gasteiger partial charge on any atom is -0.463 e. The molecule has 0 atom stereocenters. The first kappa shape index (κ1) is 10.7. The van der Waals surface area contributed by atoms with Crippen LogP contribution in [0.3, 0.4) is 0 Å². The first-order chi connectivity index (χ1) is 8.24. The van der Waals surface area contributed by atoms with Crippen LogP contribution < -0.4 is 0 Å². The number of nitriles is 1. The van der Waals surface area contributed by atoms with E-state index in [0.29, 0.717) is 11.6 Å². The van der Waals surface area contributed by atoms with Gasteiger partial charge in [0.2, 0.25) is 0 Å². The fourth-order valence-electron chi connectivity index (χ4n) is 2.23. The molecule has 3 rings (SSSR count). The molecule has 0 bridgehead atoms. The van der Waals surface area contributed by atoms with Crippen molar-refractivity contribution in [3.63, 3.8) is 0 Å². The van der Waals surface area contributed by atoms with E-state index in [1.165, 1.54) is 12.8 Å². The van der Waals surface area contributed by atoms with Gasteiger partial charge in [-0.3, -0.25) is 0 Å². The average molecular weight is 291 g/mol. The van der Waals surface area contributed by atoms with Crippen molar-refractivity contribution in [1.29, 1.82) is 5.26 Å². The average Bonchev–Trinajstić information content (AvgIpc) is 2.93. The highest BCUT2D eigenvalue weighted by molar-refractivity contribution is 9.10. The van der Waals surface area contributed by atoms with Gasteiger partial charge < -0.3 is 8.98 Å². The summed E-state index contributed by atoms with van der Waals surface area (Å²) in [6.07, 6.45) is 4.02. The van der Waals surface area contributed by atoms with Crippen molar-refractivity contribution in [3.8, 4) is 17.5 Å². The lowest BCUT2D eigenvalue weighted by Gasteiger charge is -2.08. The second kappa shape index (κ2) is 3.78. The molecule has 1 aliphatic rings. The van der Waals surface area contributed by atoms with Gasteiger partial charge in [-0.1, -0.05) is 0 Å². The van der Waals surface area contributed by atoms with E-state index in [4.69, 9.17) is 4.42 Å². The van der Waals surface area contributed by atoms with Gasteiger partial charge in [0.05, 0.1) is 16.3 Å². The number of furan rings is 1. The van der Waals surface area contributed by atoms with Crippen LogP contribution in [0.2, 0.25) is 0 Å². The summed E-state index contributed by atoms with van der Waals surface area (Å²) >= 11 is 3.53. The van der Waals surface area contributed by atoms with Gasteiger partial charge in [-0.2, -0.15) is 5.26 Å². The van der Waals surface area contributed by atoms with E-state index in [2.05, 4.69) is 26.6 Å². The molecule has 3 nitrogen and oxygen atoms in total. The number of hydrogen-bond donors (Lipinski definition) is 0. The molecule has 2 heterocycles. The van der Waals surface area contributed by atoms with E-state index >= 15 is 0 Å². The molecule has 1 saturated carbocycles. The number of nitrogens with zero attached hydrogens (tertiary/aromatic N) is 2. The summed E-state index contributed by atoms with van der Waals surface area (Å²) in [5.74, 6) is 0.813. The molecule has 0 spiro atoms. The standard InChI is InChI=1S/C13H11BrN2O/c1-8-10(7-15)12(14)13(11-3-2-6-17-11)16(8)9-4-5-9/h2-3,6,9H,4-5H2,1H3. The summed E-state index contributed by atoms with van der Waals surface area (Å²) in [5, 5.41) is 9.21. The van der Waals surface area contributed by atoms with Gasteiger partial charge >= 0.3 is 0 Å². The highest BCUT2D eigenvalue weighted by Gasteiger charge is 2.31. The minimum absolute atomic E-state index is 0.522. The van der Waals surface area contributed by atoms with Crippen molar-refractivity contribution in [2.45, 2.75) is 25.8 Å². The Labute approximate surface area is 108 Å². The quantitative estimate of drug-likeness (QED) is 0.838. The summed E-state index contributed by atoms with van der Waals surface area (Å²) in [5.41, 5.74) is 2.73. The van der Waals surface area contributed by atoms with Gasteiger partial charge in [-0.25, -0.2) is 0 Å². The van der Waals surface area contributed by atoms with Crippen LogP contribution in [0, 0.1) is 18.3 Å². The lowest BCUT2D eigenvalue weighted by atomic mass is 10.2. The molecule has 0 radical (unpaired) electrons. The monoisotopic (exact) mass is 290 g/mol. The molecule has 0 unspecified atom stereocenters. The normalized spacial score (nSPS) is 14.9. The second-order valence-electron chi connectivity index (χ2n) is 4.31. The first-order valence-corrected chi connectivity index (χ1v) is 6.37. The maximum Gasteiger partial charge on any atom is 0.151 e. The zero-order valence-electron chi connectivity index (χ0n) is 9.40. The van der Waals surface area contributed by atoms with E-state index in [9.17, 15) is 5.26 Å². The van der Waals surface area contributed by atoms with Crippen LogP contribution in [-0.4, -0.2) is 4.57 Å². The third kappa shape index (κ3) is 1.54. The van der Waals surface area contributed by atoms with Crippen LogP contribution >= 0.6 is 15.9 Å². The van der Waals surface area contributed by atoms with Gasteiger partial charge in [-0.05, 0) is 47.8 Å². The van der Waals surface area contributed by atoms with Gasteiger partial charge in [0.1, 0.15) is 11.8 Å². The van der Waals surface area contributed by atoms with Crippen LogP contribution in [0.4, 0.5) is 0 Å². The molecule has 1 fully saturated rings. The Balaban J connectivity index is 2.29. The van der Waals surface area contributed by atoms with Crippen LogP contribution in [0.5, 0.6) is 0 Å². The Morgan fingerprint density at radius 1 is 1.53 bits per heavy atom. The Morgan fingerprint density at radius 3 is 2.82 bits per heavy atom. The van der Waals surface area contributed by atoms with Gasteiger partial charge in [0.25, 0.3) is 0 Å². The van der Waals surface area contributed by atoms with Crippen LogP contribution in [0.1, 0.15) is 30.1 Å². The Bertz CT molecular complexity index is 600. The fraction of sp³-hybridized carbons (Fsp3) is 0.308. The maximum absolute atomic E-state index is 9.21. The molecule has 4 heteroatoms. The minimum atomic E-state index is 0.522. The molecule has 0 saturated heterocycles. The summed E-state index contributed by atoms with van der Waals surface area (Å²) in [7, 11) is 0. The van der Waals surface area contributed by atoms with Gasteiger partial charge in [0.15, 0.2) is 5.76 Å². The maximum atomic E-state index is 9.21. The third-order valence-electron chi connectivity index (χ3n) is 3.17. The zero-order chi connectivity index (χ0) is 12.0. The van der Waals surface area contributed by atoms with Crippen molar-refractivity contribution in [1.82, 2.24) is 4.57 Å². The third-order valence-corrected chi connectivity index (χ3v) is 3.94. The zero-order valence-corrected chi connectivity index (χ0v) is 11.0. The lowest BCUT2D eigenvalue weighted by molar-refractivity contribution is 0.571. The van der Waals surface area contributed by atoms with Crippen LogP contribution in [0.25, 0.3) is 11.5 Å². The molecular formula is C13H11BrN2O. The van der Waals surface area contributed by atoms with Crippen molar-refractivity contribution in [3.05, 3.63) is 34.1 Å². The fourth-order valence-corrected chi connectivity index (χ4v) is 2.99. The van der Waals surface area contributed by atoms with Crippen LogP contribution in [-0.2, 0) is 0 Å². The largest absolute Gasteiger partial charge is 0.463 e. The van der Waals surface area contributed by atoms with E-state index in [1.54, 1.807) is 6.26 Å². The topological polar surface area (TPSA) is 41.9 Å². The van der Waals surface area contributed by atoms with Crippen LogP contribution in [0.15, 0.2) is 27.3 Å². The number of halogens is 1. The first-order valence-electron chi connectivity index (χ1n) is 5.58. The molecule has 17 heavy (non-hydrogen) atoms. The molecule has 86 valence electrons. The highest BCUT2D eigenvalue weighted by atomic mass is 79.9. The van der Waals surface area contributed by atoms with E-state index in [0.717, 1.165) is 21.6 Å². The molecule has 2 aromatic rings. The van der Waals surface area contributed by atoms with Gasteiger partial charge in [0, 0.05) is 11.7 Å². The van der Waals surface area contributed by atoms with Crippen molar-refractivity contribution in [2.75, 3.05) is 0 Å². The Morgan fingerprint density at radius 2 is 2.29 bits per heavy atom. The summed E-state index contributed by atoms with van der Waals surface area (Å²) in [6, 6.07) is 6.58. The second-order valence-corrected chi connectivity index (χ2v) is 5.11. The molecule has 1 aliphatic carbocycles. The van der Waals surface area contributed by atoms with Crippen molar-refractivity contribution < 1.29 is 4.42 Å². The summed E-state index contributed by atoms with van der Waals surface area (Å²) in [4.78, 5) is 0. The smallest absolute Gasteiger partial charge is 0.151 e. The lowest BCUT2D eigenvalue weighted by Crippen LogP contribution is -1.98. The molecule has 2 aromatic heterocycles. The molecule has 0 aromatic carbocycles. The molecule has 0 N–H and O–H groups in total. The number of hydrogen-bond acceptors (Lipinski definition) is 2.